The van der Waals surface area contributed by atoms with Crippen LogP contribution in [0.5, 0.6) is 0 Å². The van der Waals surface area contributed by atoms with Gasteiger partial charge in [-0.3, -0.25) is 0 Å². The van der Waals surface area contributed by atoms with Crippen molar-refractivity contribution in [1.29, 1.82) is 5.26 Å². The molecule has 0 spiro atoms. The Morgan fingerprint density at radius 2 is 2.39 bits per heavy atom. The van der Waals surface area contributed by atoms with Crippen LogP contribution in [-0.4, -0.2) is 24.6 Å². The number of imidazole rings is 1. The molecule has 1 aliphatic rings. The molecule has 118 valence electrons. The summed E-state index contributed by atoms with van der Waals surface area (Å²) < 4.78 is 2.19. The molecular formula is C17H19N5O. The molecule has 0 radical (unpaired) electrons. The van der Waals surface area contributed by atoms with Gasteiger partial charge in [-0.25, -0.2) is 9.97 Å². The largest absolute Gasteiger partial charge is 0.385 e. The lowest BCUT2D eigenvalue weighted by atomic mass is 10.0. The molecule has 6 heteroatoms. The van der Waals surface area contributed by atoms with Gasteiger partial charge in [-0.2, -0.15) is 5.26 Å². The molecule has 1 saturated carbocycles. The molecule has 2 N–H and O–H groups in total. The zero-order valence-corrected chi connectivity index (χ0v) is 13.0. The Morgan fingerprint density at radius 3 is 3.17 bits per heavy atom. The molecule has 0 amide bonds. The number of nitrogens with zero attached hydrogens (tertiary/aromatic N) is 4. The number of hydrogen-bond acceptors (Lipinski definition) is 4. The van der Waals surface area contributed by atoms with Crippen molar-refractivity contribution in [1.82, 2.24) is 19.5 Å². The van der Waals surface area contributed by atoms with E-state index in [1.807, 2.05) is 12.3 Å². The van der Waals surface area contributed by atoms with Gasteiger partial charge in [0.15, 0.2) is 0 Å². The summed E-state index contributed by atoms with van der Waals surface area (Å²) in [4.78, 5) is 12.2. The first-order chi connectivity index (χ1) is 11.2. The van der Waals surface area contributed by atoms with Crippen molar-refractivity contribution in [3.8, 4) is 6.07 Å². The van der Waals surface area contributed by atoms with Crippen molar-refractivity contribution in [2.45, 2.75) is 44.8 Å². The number of aliphatic hydroxyl groups excluding tert-OH is 1. The minimum atomic E-state index is -0.633. The van der Waals surface area contributed by atoms with Crippen LogP contribution < -0.4 is 0 Å². The number of rotatable bonds is 3. The number of pyridine rings is 1. The Hall–Kier alpha value is -2.39. The lowest BCUT2D eigenvalue weighted by Gasteiger charge is -2.18. The zero-order valence-electron chi connectivity index (χ0n) is 13.0. The van der Waals surface area contributed by atoms with E-state index in [1.54, 1.807) is 13.1 Å². The highest BCUT2D eigenvalue weighted by Crippen LogP contribution is 2.40. The third-order valence-corrected chi connectivity index (χ3v) is 4.89. The number of fused-ring (bicyclic) bond motifs is 3. The van der Waals surface area contributed by atoms with Gasteiger partial charge in [0, 0.05) is 24.0 Å². The van der Waals surface area contributed by atoms with Crippen LogP contribution >= 0.6 is 0 Å². The molecule has 4 rings (SSSR count). The number of nitriles is 1. The van der Waals surface area contributed by atoms with Crippen molar-refractivity contribution in [2.75, 3.05) is 0 Å². The Bertz CT molecular complexity index is 901. The topological polar surface area (TPSA) is 90.5 Å². The van der Waals surface area contributed by atoms with E-state index in [1.165, 1.54) is 0 Å². The van der Waals surface area contributed by atoms with Gasteiger partial charge in [-0.05, 0) is 38.2 Å². The van der Waals surface area contributed by atoms with Gasteiger partial charge in [-0.1, -0.05) is 0 Å². The number of aromatic nitrogens is 4. The maximum atomic E-state index is 10.2. The van der Waals surface area contributed by atoms with Crippen LogP contribution in [0.4, 0.5) is 0 Å². The smallest absolute Gasteiger partial charge is 0.139 e. The predicted octanol–water partition coefficient (Wildman–Crippen LogP) is 3.22. The van der Waals surface area contributed by atoms with Crippen molar-refractivity contribution < 1.29 is 5.11 Å². The molecule has 0 aromatic carbocycles. The van der Waals surface area contributed by atoms with E-state index in [2.05, 4.69) is 25.6 Å². The second-order valence-electron chi connectivity index (χ2n) is 6.44. The average Bonchev–Trinajstić information content (AvgIpc) is 3.23. The predicted molar refractivity (Wildman–Crippen MR) is 86.6 cm³/mol. The van der Waals surface area contributed by atoms with E-state index >= 15 is 0 Å². The van der Waals surface area contributed by atoms with Crippen LogP contribution in [0.2, 0.25) is 0 Å². The second-order valence-corrected chi connectivity index (χ2v) is 6.44. The second kappa shape index (κ2) is 5.36. The Morgan fingerprint density at radius 1 is 1.52 bits per heavy atom. The van der Waals surface area contributed by atoms with Gasteiger partial charge in [0.1, 0.15) is 23.1 Å². The lowest BCUT2D eigenvalue weighted by molar-refractivity contribution is 0.181. The first-order valence-electron chi connectivity index (χ1n) is 8.08. The van der Waals surface area contributed by atoms with Crippen LogP contribution in [0, 0.1) is 17.2 Å². The molecule has 6 nitrogen and oxygen atoms in total. The molecule has 0 bridgehead atoms. The molecular weight excluding hydrogens is 290 g/mol. The fraction of sp³-hybridized carbons (Fsp3) is 0.471. The van der Waals surface area contributed by atoms with E-state index < -0.39 is 6.10 Å². The van der Waals surface area contributed by atoms with Crippen LogP contribution in [0.1, 0.15) is 50.6 Å². The Balaban J connectivity index is 1.91. The average molecular weight is 309 g/mol. The standard InChI is InChI=1S/C17H19N5O/c1-10(23)17-21-14-9-20-16-13(5-7-19-16)15(14)22(17)12-3-2-11(8-12)4-6-18/h5,7,9-12,23H,2-4,8H2,1H3,(H,19,20)/t10-,11?,12+/m1/s1. The van der Waals surface area contributed by atoms with E-state index in [4.69, 9.17) is 5.26 Å². The number of hydrogen-bond donors (Lipinski definition) is 2. The molecule has 3 aromatic heterocycles. The number of nitrogens with one attached hydrogen (secondary N) is 1. The van der Waals surface area contributed by atoms with Gasteiger partial charge in [0.2, 0.25) is 0 Å². The number of H-pyrrole nitrogens is 1. The molecule has 3 atom stereocenters. The Labute approximate surface area is 133 Å². The summed E-state index contributed by atoms with van der Waals surface area (Å²) in [6, 6.07) is 4.58. The van der Waals surface area contributed by atoms with E-state index in [0.29, 0.717) is 18.2 Å². The van der Waals surface area contributed by atoms with E-state index in [-0.39, 0.29) is 6.04 Å². The molecule has 23 heavy (non-hydrogen) atoms. The number of aliphatic hydroxyl groups is 1. The summed E-state index contributed by atoms with van der Waals surface area (Å²) in [7, 11) is 0. The van der Waals surface area contributed by atoms with Gasteiger partial charge >= 0.3 is 0 Å². The quantitative estimate of drug-likeness (QED) is 0.777. The molecule has 1 fully saturated rings. The third kappa shape index (κ3) is 2.20. The Kier molecular flexibility index (Phi) is 3.31. The summed E-state index contributed by atoms with van der Waals surface area (Å²) >= 11 is 0. The molecule has 0 saturated heterocycles. The van der Waals surface area contributed by atoms with Crippen molar-refractivity contribution in [3.63, 3.8) is 0 Å². The minimum absolute atomic E-state index is 0.281. The summed E-state index contributed by atoms with van der Waals surface area (Å²) in [5, 5.41) is 20.2. The number of aromatic amines is 1. The summed E-state index contributed by atoms with van der Waals surface area (Å²) in [6.45, 7) is 1.75. The first kappa shape index (κ1) is 14.2. The highest BCUT2D eigenvalue weighted by atomic mass is 16.3. The molecule has 3 aromatic rings. The zero-order chi connectivity index (χ0) is 16.0. The van der Waals surface area contributed by atoms with Crippen LogP contribution in [0.25, 0.3) is 22.1 Å². The van der Waals surface area contributed by atoms with Crippen LogP contribution in [0.15, 0.2) is 18.5 Å². The van der Waals surface area contributed by atoms with Crippen molar-refractivity contribution in [2.24, 2.45) is 5.92 Å². The van der Waals surface area contributed by atoms with E-state index in [0.717, 1.165) is 41.3 Å². The van der Waals surface area contributed by atoms with Crippen molar-refractivity contribution >= 4 is 22.1 Å². The first-order valence-corrected chi connectivity index (χ1v) is 8.08. The molecule has 0 aliphatic heterocycles. The van der Waals surface area contributed by atoms with Crippen molar-refractivity contribution in [3.05, 3.63) is 24.3 Å². The lowest BCUT2D eigenvalue weighted by Crippen LogP contribution is -2.12. The molecule has 1 aliphatic carbocycles. The summed E-state index contributed by atoms with van der Waals surface area (Å²) in [5.74, 6) is 1.13. The maximum absolute atomic E-state index is 10.2. The highest BCUT2D eigenvalue weighted by Gasteiger charge is 2.30. The monoisotopic (exact) mass is 309 g/mol. The van der Waals surface area contributed by atoms with Crippen LogP contribution in [-0.2, 0) is 0 Å². The SMILES string of the molecule is C[C@@H](O)c1nc2cnc3[nH]ccc3c2n1[C@H]1CCC(CC#N)C1. The van der Waals surface area contributed by atoms with Gasteiger partial charge in [0.25, 0.3) is 0 Å². The van der Waals surface area contributed by atoms with Gasteiger partial charge in [0.05, 0.1) is 17.8 Å². The third-order valence-electron chi connectivity index (χ3n) is 4.89. The normalized spacial score (nSPS) is 22.7. The van der Waals surface area contributed by atoms with Crippen LogP contribution in [0.3, 0.4) is 0 Å². The summed E-state index contributed by atoms with van der Waals surface area (Å²) in [5.41, 5.74) is 2.69. The molecule has 1 unspecified atom stereocenters. The minimum Gasteiger partial charge on any atom is -0.385 e. The van der Waals surface area contributed by atoms with E-state index in [9.17, 15) is 5.11 Å². The highest BCUT2D eigenvalue weighted by molar-refractivity contribution is 6.01. The fourth-order valence-electron chi connectivity index (χ4n) is 3.87. The molecule has 3 heterocycles. The summed E-state index contributed by atoms with van der Waals surface area (Å²) in [6.07, 6.45) is 6.65. The maximum Gasteiger partial charge on any atom is 0.139 e. The fourth-order valence-corrected chi connectivity index (χ4v) is 3.87. The van der Waals surface area contributed by atoms with Gasteiger partial charge < -0.3 is 14.7 Å². The van der Waals surface area contributed by atoms with Gasteiger partial charge in [-0.15, -0.1) is 0 Å².